The number of carbonyl (C=O) groups excluding carboxylic acids is 1. The number of carboxylic acid groups (broad SMARTS) is 1. The van der Waals surface area contributed by atoms with E-state index in [1.165, 1.54) is 11.3 Å². The van der Waals surface area contributed by atoms with Crippen LogP contribution in [0.2, 0.25) is 0 Å². The third-order valence-corrected chi connectivity index (χ3v) is 5.79. The smallest absolute Gasteiger partial charge is 0.309 e. The van der Waals surface area contributed by atoms with Gasteiger partial charge in [0.1, 0.15) is 5.76 Å². The van der Waals surface area contributed by atoms with Gasteiger partial charge in [-0.05, 0) is 18.4 Å². The molecule has 0 saturated carbocycles. The third-order valence-electron chi connectivity index (χ3n) is 4.93. The molecule has 25 heavy (non-hydrogen) atoms. The van der Waals surface area contributed by atoms with E-state index < -0.39 is 11.9 Å². The van der Waals surface area contributed by atoms with E-state index in [2.05, 4.69) is 4.98 Å². The lowest BCUT2D eigenvalue weighted by atomic mass is 9.93. The van der Waals surface area contributed by atoms with Crippen molar-refractivity contribution in [3.63, 3.8) is 0 Å². The zero-order valence-corrected chi connectivity index (χ0v) is 14.5. The maximum atomic E-state index is 12.6. The van der Waals surface area contributed by atoms with Crippen molar-refractivity contribution in [2.75, 3.05) is 19.7 Å². The molecule has 8 heteroatoms. The highest BCUT2D eigenvalue weighted by Crippen LogP contribution is 2.34. The number of hydrogen-bond acceptors (Lipinski definition) is 6. The lowest BCUT2D eigenvalue weighted by Gasteiger charge is -2.18. The molecule has 0 aliphatic carbocycles. The molecule has 4 heterocycles. The number of nitrogens with zero attached hydrogens (tertiary/aromatic N) is 2. The van der Waals surface area contributed by atoms with Gasteiger partial charge in [0.15, 0.2) is 0 Å². The molecule has 2 aliphatic heterocycles. The van der Waals surface area contributed by atoms with Gasteiger partial charge in [0, 0.05) is 19.0 Å². The highest BCUT2D eigenvalue weighted by atomic mass is 32.1. The van der Waals surface area contributed by atoms with Crippen molar-refractivity contribution in [1.29, 1.82) is 0 Å². The molecule has 132 valence electrons. The lowest BCUT2D eigenvalue weighted by Crippen LogP contribution is -2.33. The molecular weight excluding hydrogens is 344 g/mol. The molecule has 0 aromatic carbocycles. The Hall–Kier alpha value is -2.19. The summed E-state index contributed by atoms with van der Waals surface area (Å²) in [7, 11) is 0. The number of aliphatic carboxylic acids is 1. The lowest BCUT2D eigenvalue weighted by molar-refractivity contribution is -0.143. The van der Waals surface area contributed by atoms with Crippen molar-refractivity contribution in [1.82, 2.24) is 9.88 Å². The van der Waals surface area contributed by atoms with Crippen LogP contribution in [-0.2, 0) is 20.7 Å². The van der Waals surface area contributed by atoms with Crippen LogP contribution in [0.4, 0.5) is 0 Å². The Balaban J connectivity index is 1.44. The second kappa shape index (κ2) is 6.27. The monoisotopic (exact) mass is 362 g/mol. The van der Waals surface area contributed by atoms with Crippen molar-refractivity contribution >= 4 is 23.2 Å². The van der Waals surface area contributed by atoms with Gasteiger partial charge in [-0.1, -0.05) is 6.07 Å². The van der Waals surface area contributed by atoms with Gasteiger partial charge >= 0.3 is 5.97 Å². The van der Waals surface area contributed by atoms with Crippen LogP contribution in [-0.4, -0.2) is 52.7 Å². The SMILES string of the molecule is Cc1oc(-c2cccs2)nc1CC(=O)N1C[C@@H]2[C@H](C1)OC[C@@H]2C(=O)O. The molecule has 7 nitrogen and oxygen atoms in total. The molecule has 2 aromatic rings. The Kier molecular flexibility index (Phi) is 4.09. The fraction of sp³-hybridized carbons (Fsp3) is 0.471. The van der Waals surface area contributed by atoms with Gasteiger partial charge < -0.3 is 19.2 Å². The quantitative estimate of drug-likeness (QED) is 0.892. The summed E-state index contributed by atoms with van der Waals surface area (Å²) < 4.78 is 11.2. The number of carbonyl (C=O) groups is 2. The Morgan fingerprint density at radius 3 is 3.00 bits per heavy atom. The first-order valence-electron chi connectivity index (χ1n) is 8.15. The number of hydrogen-bond donors (Lipinski definition) is 1. The Labute approximate surface area is 148 Å². The first-order chi connectivity index (χ1) is 12.0. The number of fused-ring (bicyclic) bond motifs is 1. The van der Waals surface area contributed by atoms with Gasteiger partial charge in [0.2, 0.25) is 11.8 Å². The number of amides is 1. The van der Waals surface area contributed by atoms with Crippen LogP contribution in [0.1, 0.15) is 11.5 Å². The number of ether oxygens (including phenoxy) is 1. The maximum Gasteiger partial charge on any atom is 0.309 e. The second-order valence-electron chi connectivity index (χ2n) is 6.46. The highest BCUT2D eigenvalue weighted by Gasteiger charge is 2.48. The number of aromatic nitrogens is 1. The van der Waals surface area contributed by atoms with Crippen molar-refractivity contribution < 1.29 is 23.8 Å². The third kappa shape index (κ3) is 2.96. The summed E-state index contributed by atoms with van der Waals surface area (Å²) in [6, 6.07) is 3.85. The summed E-state index contributed by atoms with van der Waals surface area (Å²) >= 11 is 1.53. The highest BCUT2D eigenvalue weighted by molar-refractivity contribution is 7.13. The standard InChI is InChI=1S/C17H18N2O5S/c1-9-12(18-16(24-9)14-3-2-4-25-14)5-15(20)19-6-10-11(17(21)22)8-23-13(10)7-19/h2-4,10-11,13H,5-8H2,1H3,(H,21,22)/t10-,11-,13-/m0/s1. The van der Waals surface area contributed by atoms with E-state index in [-0.39, 0.29) is 31.0 Å². The molecule has 4 rings (SSSR count). The maximum absolute atomic E-state index is 12.6. The van der Waals surface area contributed by atoms with Gasteiger partial charge in [0.05, 0.1) is 35.6 Å². The summed E-state index contributed by atoms with van der Waals surface area (Å²) in [5, 5.41) is 11.2. The molecule has 0 radical (unpaired) electrons. The fourth-order valence-electron chi connectivity index (χ4n) is 3.52. The zero-order chi connectivity index (χ0) is 17.6. The number of carboxylic acids is 1. The van der Waals surface area contributed by atoms with Gasteiger partial charge in [-0.15, -0.1) is 11.3 Å². The molecule has 3 atom stereocenters. The number of thiophene rings is 1. The van der Waals surface area contributed by atoms with Crippen LogP contribution in [0.25, 0.3) is 10.8 Å². The molecule has 1 N–H and O–H groups in total. The summed E-state index contributed by atoms with van der Waals surface area (Å²) in [4.78, 5) is 30.9. The van der Waals surface area contributed by atoms with Gasteiger partial charge in [-0.25, -0.2) is 4.98 Å². The summed E-state index contributed by atoms with van der Waals surface area (Å²) in [6.07, 6.45) is -0.0251. The normalized spacial score (nSPS) is 25.3. The fourth-order valence-corrected chi connectivity index (χ4v) is 4.17. The zero-order valence-electron chi connectivity index (χ0n) is 13.7. The number of rotatable bonds is 4. The largest absolute Gasteiger partial charge is 0.481 e. The van der Waals surface area contributed by atoms with Gasteiger partial charge in [0.25, 0.3) is 0 Å². The van der Waals surface area contributed by atoms with E-state index in [0.717, 1.165) is 4.88 Å². The molecule has 2 aliphatic rings. The van der Waals surface area contributed by atoms with Crippen LogP contribution >= 0.6 is 11.3 Å². The Morgan fingerprint density at radius 2 is 2.28 bits per heavy atom. The molecule has 1 amide bonds. The summed E-state index contributed by atoms with van der Waals surface area (Å²) in [6.45, 7) is 2.91. The van der Waals surface area contributed by atoms with Crippen LogP contribution in [0.3, 0.4) is 0 Å². The molecule has 0 bridgehead atoms. The van der Waals surface area contributed by atoms with Crippen molar-refractivity contribution in [2.45, 2.75) is 19.4 Å². The molecule has 0 spiro atoms. The van der Waals surface area contributed by atoms with Crippen LogP contribution < -0.4 is 0 Å². The minimum atomic E-state index is -0.852. The number of likely N-dealkylation sites (tertiary alicyclic amines) is 1. The van der Waals surface area contributed by atoms with Crippen LogP contribution in [0, 0.1) is 18.8 Å². The first kappa shape index (κ1) is 16.3. The van der Waals surface area contributed by atoms with E-state index in [4.69, 9.17) is 9.15 Å². The van der Waals surface area contributed by atoms with E-state index in [0.29, 0.717) is 30.4 Å². The average Bonchev–Trinajstić information content (AvgIpc) is 3.30. The number of aryl methyl sites for hydroxylation is 1. The summed E-state index contributed by atoms with van der Waals surface area (Å²) in [5.41, 5.74) is 0.626. The minimum Gasteiger partial charge on any atom is -0.481 e. The summed E-state index contributed by atoms with van der Waals surface area (Å²) in [5.74, 6) is -0.409. The molecule has 0 unspecified atom stereocenters. The predicted octanol–water partition coefficient (Wildman–Crippen LogP) is 1.81. The predicted molar refractivity (Wildman–Crippen MR) is 89.2 cm³/mol. The molecule has 2 aromatic heterocycles. The van der Waals surface area contributed by atoms with E-state index >= 15 is 0 Å². The molecular formula is C17H18N2O5S. The van der Waals surface area contributed by atoms with Crippen molar-refractivity contribution in [3.8, 4) is 10.8 Å². The van der Waals surface area contributed by atoms with Crippen LogP contribution in [0.5, 0.6) is 0 Å². The molecule has 2 saturated heterocycles. The first-order valence-corrected chi connectivity index (χ1v) is 9.03. The number of oxazole rings is 1. The molecule has 2 fully saturated rings. The van der Waals surface area contributed by atoms with Crippen LogP contribution in [0.15, 0.2) is 21.9 Å². The Bertz CT molecular complexity index is 800. The van der Waals surface area contributed by atoms with E-state index in [9.17, 15) is 14.7 Å². The van der Waals surface area contributed by atoms with E-state index in [1.54, 1.807) is 11.8 Å². The van der Waals surface area contributed by atoms with Crippen molar-refractivity contribution in [3.05, 3.63) is 29.0 Å². The van der Waals surface area contributed by atoms with Gasteiger partial charge in [-0.2, -0.15) is 0 Å². The van der Waals surface area contributed by atoms with Crippen molar-refractivity contribution in [2.24, 2.45) is 11.8 Å². The minimum absolute atomic E-state index is 0.0729. The average molecular weight is 362 g/mol. The Morgan fingerprint density at radius 1 is 1.44 bits per heavy atom. The topological polar surface area (TPSA) is 92.9 Å². The second-order valence-corrected chi connectivity index (χ2v) is 7.40. The van der Waals surface area contributed by atoms with E-state index in [1.807, 2.05) is 17.5 Å². The van der Waals surface area contributed by atoms with Gasteiger partial charge in [-0.3, -0.25) is 9.59 Å².